The van der Waals surface area contributed by atoms with E-state index in [4.69, 9.17) is 4.74 Å². The van der Waals surface area contributed by atoms with Gasteiger partial charge in [0.2, 0.25) is 0 Å². The molecule has 0 aromatic heterocycles. The molecule has 0 radical (unpaired) electrons. The third kappa shape index (κ3) is 2.05. The Bertz CT molecular complexity index is 344. The second kappa shape index (κ2) is 4.31. The summed E-state index contributed by atoms with van der Waals surface area (Å²) in [6, 6.07) is 5.15. The minimum atomic E-state index is -0.350. The van der Waals surface area contributed by atoms with E-state index in [0.717, 1.165) is 5.56 Å². The van der Waals surface area contributed by atoms with E-state index in [9.17, 15) is 4.39 Å². The predicted molar refractivity (Wildman–Crippen MR) is 60.3 cm³/mol. The van der Waals surface area contributed by atoms with Crippen molar-refractivity contribution in [3.63, 3.8) is 0 Å². The first kappa shape index (κ1) is 12.2. The van der Waals surface area contributed by atoms with Gasteiger partial charge >= 0.3 is 0 Å². The lowest BCUT2D eigenvalue weighted by Gasteiger charge is -2.18. The van der Waals surface area contributed by atoms with Crippen LogP contribution in [-0.2, 0) is 10.3 Å². The van der Waals surface area contributed by atoms with Gasteiger partial charge in [0, 0.05) is 5.56 Å². The summed E-state index contributed by atoms with van der Waals surface area (Å²) in [6.07, 6.45) is -0.133. The van der Waals surface area contributed by atoms with E-state index >= 15 is 0 Å². The molecule has 0 N–H and O–H groups in total. The van der Waals surface area contributed by atoms with Crippen molar-refractivity contribution in [1.82, 2.24) is 0 Å². The van der Waals surface area contributed by atoms with Crippen molar-refractivity contribution in [3.8, 4) is 0 Å². The first-order valence-corrected chi connectivity index (χ1v) is 5.49. The highest BCUT2D eigenvalue weighted by Gasteiger charge is 2.37. The lowest BCUT2D eigenvalue weighted by atomic mass is 9.95. The molecule has 1 aliphatic heterocycles. The van der Waals surface area contributed by atoms with E-state index < -0.39 is 0 Å². The molecule has 2 heteroatoms. The van der Waals surface area contributed by atoms with Crippen LogP contribution in [-0.4, -0.2) is 0 Å². The molecule has 84 valence electrons. The molecule has 1 aliphatic rings. The van der Waals surface area contributed by atoms with E-state index in [1.807, 2.05) is 40.7 Å². The number of ether oxygens (including phenoxy) is 1. The normalized spacial score (nSPS) is 21.6. The summed E-state index contributed by atoms with van der Waals surface area (Å²) in [7, 11) is 0. The number of halogens is 1. The number of fused-ring (bicyclic) bond motifs is 1. The molecule has 0 amide bonds. The van der Waals surface area contributed by atoms with Crippen LogP contribution in [0.4, 0.5) is 4.39 Å². The average molecular weight is 210 g/mol. The molecule has 0 bridgehead atoms. The zero-order valence-electron chi connectivity index (χ0n) is 10.1. The fraction of sp³-hybridized carbons (Fsp3) is 0.538. The molecule has 1 heterocycles. The summed E-state index contributed by atoms with van der Waals surface area (Å²) >= 11 is 0. The van der Waals surface area contributed by atoms with Crippen LogP contribution in [0.1, 0.15) is 51.8 Å². The minimum Gasteiger partial charge on any atom is -0.363 e. The maximum absolute atomic E-state index is 13.4. The van der Waals surface area contributed by atoms with Gasteiger partial charge in [-0.2, -0.15) is 0 Å². The molecular formula is C13H19FO. The first-order valence-electron chi connectivity index (χ1n) is 5.49. The molecule has 2 rings (SSSR count). The Morgan fingerprint density at radius 1 is 1.27 bits per heavy atom. The molecule has 0 saturated carbocycles. The molecular weight excluding hydrogens is 191 g/mol. The van der Waals surface area contributed by atoms with Crippen molar-refractivity contribution in [2.75, 3.05) is 0 Å². The molecule has 1 atom stereocenters. The summed E-state index contributed by atoms with van der Waals surface area (Å²) in [5.41, 5.74) is 1.34. The van der Waals surface area contributed by atoms with Crippen molar-refractivity contribution >= 4 is 0 Å². The third-order valence-electron chi connectivity index (χ3n) is 2.58. The first-order chi connectivity index (χ1) is 7.02. The number of benzene rings is 1. The standard InChI is InChI=1S/C11H13FO.C2H6/c1-7-10-8(11(2,3)13-7)5-4-6-9(10)12;1-2/h4-7H,1-3H3;1-2H3. The second-order valence-corrected chi connectivity index (χ2v) is 3.97. The molecule has 0 aliphatic carbocycles. The van der Waals surface area contributed by atoms with Gasteiger partial charge < -0.3 is 4.74 Å². The monoisotopic (exact) mass is 210 g/mol. The molecule has 15 heavy (non-hydrogen) atoms. The molecule has 1 aromatic carbocycles. The van der Waals surface area contributed by atoms with Gasteiger partial charge in [0.25, 0.3) is 0 Å². The van der Waals surface area contributed by atoms with Gasteiger partial charge in [-0.05, 0) is 32.4 Å². The van der Waals surface area contributed by atoms with Gasteiger partial charge in [-0.25, -0.2) is 4.39 Å². The minimum absolute atomic E-state index is 0.133. The molecule has 0 saturated heterocycles. The average Bonchev–Trinajstić information content (AvgIpc) is 2.42. The highest BCUT2D eigenvalue weighted by atomic mass is 19.1. The summed E-state index contributed by atoms with van der Waals surface area (Å²) < 4.78 is 19.1. The summed E-state index contributed by atoms with van der Waals surface area (Å²) in [6.45, 7) is 9.82. The highest BCUT2D eigenvalue weighted by Crippen LogP contribution is 2.43. The van der Waals surface area contributed by atoms with Crippen molar-refractivity contribution in [2.24, 2.45) is 0 Å². The lowest BCUT2D eigenvalue weighted by molar-refractivity contribution is -0.0440. The molecule has 1 unspecified atom stereocenters. The quantitative estimate of drug-likeness (QED) is 0.624. The SMILES string of the molecule is CC.CC1OC(C)(C)c2cccc(F)c21. The van der Waals surface area contributed by atoms with E-state index in [1.54, 1.807) is 6.07 Å². The van der Waals surface area contributed by atoms with Crippen molar-refractivity contribution < 1.29 is 9.13 Å². The zero-order valence-corrected chi connectivity index (χ0v) is 10.1. The van der Waals surface area contributed by atoms with Crippen molar-refractivity contribution in [3.05, 3.63) is 35.1 Å². The Morgan fingerprint density at radius 3 is 2.40 bits per heavy atom. The Labute approximate surface area is 91.3 Å². The largest absolute Gasteiger partial charge is 0.363 e. The van der Waals surface area contributed by atoms with E-state index in [1.165, 1.54) is 6.07 Å². The number of rotatable bonds is 0. The van der Waals surface area contributed by atoms with Gasteiger partial charge in [-0.1, -0.05) is 26.0 Å². The van der Waals surface area contributed by atoms with Gasteiger partial charge in [-0.3, -0.25) is 0 Å². The van der Waals surface area contributed by atoms with E-state index in [-0.39, 0.29) is 17.5 Å². The topological polar surface area (TPSA) is 9.23 Å². The fourth-order valence-electron chi connectivity index (χ4n) is 2.04. The van der Waals surface area contributed by atoms with Gasteiger partial charge in [0.05, 0.1) is 11.7 Å². The van der Waals surface area contributed by atoms with Crippen molar-refractivity contribution in [1.29, 1.82) is 0 Å². The summed E-state index contributed by atoms with van der Waals surface area (Å²) in [5, 5.41) is 0. The smallest absolute Gasteiger partial charge is 0.129 e. The number of hydrogen-bond acceptors (Lipinski definition) is 1. The molecule has 1 aromatic rings. The van der Waals surface area contributed by atoms with E-state index in [2.05, 4.69) is 0 Å². The van der Waals surface area contributed by atoms with Crippen LogP contribution < -0.4 is 0 Å². The zero-order chi connectivity index (χ0) is 11.6. The fourth-order valence-corrected chi connectivity index (χ4v) is 2.04. The second-order valence-electron chi connectivity index (χ2n) is 3.97. The van der Waals surface area contributed by atoms with Crippen LogP contribution in [0.5, 0.6) is 0 Å². The van der Waals surface area contributed by atoms with Crippen LogP contribution in [0, 0.1) is 5.82 Å². The highest BCUT2D eigenvalue weighted by molar-refractivity contribution is 5.37. The van der Waals surface area contributed by atoms with Gasteiger partial charge in [-0.15, -0.1) is 0 Å². The Kier molecular flexibility index (Phi) is 3.50. The van der Waals surface area contributed by atoms with Crippen LogP contribution in [0.3, 0.4) is 0 Å². The maximum atomic E-state index is 13.4. The van der Waals surface area contributed by atoms with Crippen LogP contribution in [0.25, 0.3) is 0 Å². The van der Waals surface area contributed by atoms with Gasteiger partial charge in [0.15, 0.2) is 0 Å². The summed E-state index contributed by atoms with van der Waals surface area (Å²) in [4.78, 5) is 0. The Hall–Kier alpha value is -0.890. The van der Waals surface area contributed by atoms with Crippen LogP contribution in [0.15, 0.2) is 18.2 Å². The van der Waals surface area contributed by atoms with Crippen molar-refractivity contribution in [2.45, 2.75) is 46.3 Å². The maximum Gasteiger partial charge on any atom is 0.129 e. The molecule has 0 fully saturated rings. The summed E-state index contributed by atoms with van der Waals surface area (Å²) in [5.74, 6) is -0.157. The Balaban J connectivity index is 0.000000531. The van der Waals surface area contributed by atoms with Gasteiger partial charge in [0.1, 0.15) is 5.82 Å². The predicted octanol–water partition coefficient (Wildman–Crippen LogP) is 4.18. The van der Waals surface area contributed by atoms with Crippen LogP contribution >= 0.6 is 0 Å². The van der Waals surface area contributed by atoms with E-state index in [0.29, 0.717) is 5.56 Å². The molecule has 0 spiro atoms. The van der Waals surface area contributed by atoms with Crippen LogP contribution in [0.2, 0.25) is 0 Å². The number of hydrogen-bond donors (Lipinski definition) is 0. The lowest BCUT2D eigenvalue weighted by Crippen LogP contribution is -2.14. The Morgan fingerprint density at radius 2 is 1.87 bits per heavy atom. The molecule has 1 nitrogen and oxygen atoms in total. The third-order valence-corrected chi connectivity index (χ3v) is 2.58.